The van der Waals surface area contributed by atoms with E-state index in [0.29, 0.717) is 16.1 Å². The fourth-order valence-electron chi connectivity index (χ4n) is 6.13. The van der Waals surface area contributed by atoms with E-state index in [1.54, 1.807) is 5.57 Å². The molecular formula is C22H28Cl2N2. The number of halogens is 2. The average molecular weight is 391 g/mol. The Bertz CT molecular complexity index is 716. The van der Waals surface area contributed by atoms with Crippen molar-refractivity contribution >= 4 is 23.2 Å². The molecule has 3 heterocycles. The molecule has 4 heteroatoms. The molecule has 140 valence electrons. The summed E-state index contributed by atoms with van der Waals surface area (Å²) >= 11 is 12.4. The predicted octanol–water partition coefficient (Wildman–Crippen LogP) is 5.39. The van der Waals surface area contributed by atoms with Crippen LogP contribution in [0.2, 0.25) is 10.0 Å². The first kappa shape index (κ1) is 17.6. The monoisotopic (exact) mass is 390 g/mol. The van der Waals surface area contributed by atoms with Gasteiger partial charge in [-0.3, -0.25) is 9.80 Å². The maximum Gasteiger partial charge on any atom is 0.0595 e. The maximum atomic E-state index is 6.26. The molecule has 0 aromatic heterocycles. The lowest BCUT2D eigenvalue weighted by atomic mass is 9.68. The van der Waals surface area contributed by atoms with Crippen LogP contribution < -0.4 is 0 Å². The van der Waals surface area contributed by atoms with Crippen LogP contribution in [0.1, 0.15) is 44.1 Å². The molecule has 0 unspecified atom stereocenters. The number of nitrogens with zero attached hydrogens (tertiary/aromatic N) is 2. The summed E-state index contributed by atoms with van der Waals surface area (Å²) in [5.41, 5.74) is 3.03. The van der Waals surface area contributed by atoms with Crippen LogP contribution >= 0.6 is 23.2 Å². The molecule has 5 rings (SSSR count). The third kappa shape index (κ3) is 3.13. The highest BCUT2D eigenvalue weighted by Crippen LogP contribution is 2.45. The SMILES string of the molecule is Clc1ccc(CN2CCCC3=C[C@H]4C[C@H](CN5CCCC[C@H]45)[C@@H]32)cc1Cl. The van der Waals surface area contributed by atoms with E-state index in [1.165, 1.54) is 63.7 Å². The van der Waals surface area contributed by atoms with E-state index in [9.17, 15) is 0 Å². The normalized spacial score (nSPS) is 34.8. The second-order valence-corrected chi connectivity index (χ2v) is 9.54. The highest BCUT2D eigenvalue weighted by molar-refractivity contribution is 6.42. The van der Waals surface area contributed by atoms with Crippen LogP contribution in [-0.4, -0.2) is 41.5 Å². The van der Waals surface area contributed by atoms with Gasteiger partial charge in [-0.25, -0.2) is 0 Å². The van der Waals surface area contributed by atoms with Crippen LogP contribution in [0.3, 0.4) is 0 Å². The molecule has 0 amide bonds. The largest absolute Gasteiger partial charge is 0.299 e. The molecule has 26 heavy (non-hydrogen) atoms. The molecule has 0 saturated carbocycles. The molecule has 1 aromatic carbocycles. The highest BCUT2D eigenvalue weighted by atomic mass is 35.5. The first-order chi connectivity index (χ1) is 12.7. The van der Waals surface area contributed by atoms with Crippen molar-refractivity contribution in [1.82, 2.24) is 9.80 Å². The Morgan fingerprint density at radius 3 is 2.85 bits per heavy atom. The molecule has 3 fully saturated rings. The highest BCUT2D eigenvalue weighted by Gasteiger charge is 2.45. The number of hydrogen-bond acceptors (Lipinski definition) is 2. The second-order valence-electron chi connectivity index (χ2n) is 8.73. The summed E-state index contributed by atoms with van der Waals surface area (Å²) in [5.74, 6) is 1.61. The van der Waals surface area contributed by atoms with Crippen molar-refractivity contribution in [2.75, 3.05) is 19.6 Å². The fraction of sp³-hybridized carbons (Fsp3) is 0.636. The lowest BCUT2D eigenvalue weighted by Gasteiger charge is -2.54. The molecule has 0 radical (unpaired) electrons. The summed E-state index contributed by atoms with van der Waals surface area (Å²) in [4.78, 5) is 5.54. The standard InChI is InChI=1S/C22H28Cl2N2/c23-19-7-6-15(10-20(19)24)13-26-9-3-4-16-11-17-12-18(22(16)26)14-25-8-2-1-5-21(17)25/h6-7,10-11,17-18,21-22H,1-5,8-9,12-14H2/t17-,18+,21+,22+/m0/s1. The first-order valence-electron chi connectivity index (χ1n) is 10.3. The molecule has 1 aliphatic carbocycles. The van der Waals surface area contributed by atoms with Gasteiger partial charge in [0.15, 0.2) is 0 Å². The van der Waals surface area contributed by atoms with Gasteiger partial charge in [-0.1, -0.05) is 47.3 Å². The quantitative estimate of drug-likeness (QED) is 0.624. The van der Waals surface area contributed by atoms with Crippen molar-refractivity contribution in [2.45, 2.75) is 57.2 Å². The zero-order chi connectivity index (χ0) is 17.7. The van der Waals surface area contributed by atoms with Crippen LogP contribution in [-0.2, 0) is 6.54 Å². The summed E-state index contributed by atoms with van der Waals surface area (Å²) in [6.07, 6.45) is 10.9. The molecule has 4 atom stereocenters. The van der Waals surface area contributed by atoms with Gasteiger partial charge in [-0.2, -0.15) is 0 Å². The number of hydrogen-bond donors (Lipinski definition) is 0. The smallest absolute Gasteiger partial charge is 0.0595 e. The van der Waals surface area contributed by atoms with Gasteiger partial charge >= 0.3 is 0 Å². The topological polar surface area (TPSA) is 6.48 Å². The average Bonchev–Trinajstić information content (AvgIpc) is 2.65. The molecular weight excluding hydrogens is 363 g/mol. The Kier molecular flexibility index (Phi) is 4.81. The van der Waals surface area contributed by atoms with Gasteiger partial charge in [-0.05, 0) is 74.7 Å². The van der Waals surface area contributed by atoms with Crippen molar-refractivity contribution < 1.29 is 0 Å². The zero-order valence-electron chi connectivity index (χ0n) is 15.3. The molecule has 2 bridgehead atoms. The minimum atomic E-state index is 0.636. The Hall–Kier alpha value is -0.540. The number of piperidine rings is 3. The molecule has 2 nitrogen and oxygen atoms in total. The van der Waals surface area contributed by atoms with Crippen LogP contribution in [0.4, 0.5) is 0 Å². The van der Waals surface area contributed by atoms with E-state index in [2.05, 4.69) is 28.0 Å². The Morgan fingerprint density at radius 2 is 1.96 bits per heavy atom. The Morgan fingerprint density at radius 1 is 1.04 bits per heavy atom. The summed E-state index contributed by atoms with van der Waals surface area (Å²) in [6.45, 7) is 4.82. The number of benzene rings is 1. The van der Waals surface area contributed by atoms with Crippen molar-refractivity contribution in [3.8, 4) is 0 Å². The van der Waals surface area contributed by atoms with Crippen molar-refractivity contribution in [3.63, 3.8) is 0 Å². The van der Waals surface area contributed by atoms with E-state index in [-0.39, 0.29) is 0 Å². The maximum absolute atomic E-state index is 6.26. The van der Waals surface area contributed by atoms with Crippen molar-refractivity contribution in [3.05, 3.63) is 45.5 Å². The van der Waals surface area contributed by atoms with Gasteiger partial charge in [-0.15, -0.1) is 0 Å². The Balaban J connectivity index is 1.40. The van der Waals surface area contributed by atoms with E-state index in [0.717, 1.165) is 24.4 Å². The number of likely N-dealkylation sites (tertiary alicyclic amines) is 1. The van der Waals surface area contributed by atoms with E-state index in [4.69, 9.17) is 23.2 Å². The molecule has 1 aromatic rings. The molecule has 3 saturated heterocycles. The van der Waals surface area contributed by atoms with Gasteiger partial charge in [0.05, 0.1) is 10.0 Å². The number of fused-ring (bicyclic) bond motifs is 6. The van der Waals surface area contributed by atoms with Crippen molar-refractivity contribution in [2.24, 2.45) is 11.8 Å². The Labute approximate surface area is 167 Å². The van der Waals surface area contributed by atoms with Crippen LogP contribution in [0.25, 0.3) is 0 Å². The van der Waals surface area contributed by atoms with Crippen LogP contribution in [0.5, 0.6) is 0 Å². The third-order valence-corrected chi connectivity index (χ3v) is 7.87. The minimum Gasteiger partial charge on any atom is -0.299 e. The molecule has 3 aliphatic heterocycles. The molecule has 4 aliphatic rings. The molecule has 0 spiro atoms. The van der Waals surface area contributed by atoms with E-state index >= 15 is 0 Å². The third-order valence-electron chi connectivity index (χ3n) is 7.13. The number of rotatable bonds is 2. The summed E-state index contributed by atoms with van der Waals surface area (Å²) in [6, 6.07) is 7.60. The second kappa shape index (κ2) is 7.13. The van der Waals surface area contributed by atoms with E-state index in [1.807, 2.05) is 6.07 Å². The summed E-state index contributed by atoms with van der Waals surface area (Å²) in [7, 11) is 0. The lowest BCUT2D eigenvalue weighted by Crippen LogP contribution is -2.58. The minimum absolute atomic E-state index is 0.636. The summed E-state index contributed by atoms with van der Waals surface area (Å²) in [5, 5.41) is 1.33. The van der Waals surface area contributed by atoms with E-state index < -0.39 is 0 Å². The predicted molar refractivity (Wildman–Crippen MR) is 109 cm³/mol. The fourth-order valence-corrected chi connectivity index (χ4v) is 6.45. The van der Waals surface area contributed by atoms with Gasteiger partial charge < -0.3 is 0 Å². The van der Waals surface area contributed by atoms with Crippen LogP contribution in [0, 0.1) is 11.8 Å². The molecule has 0 N–H and O–H groups in total. The van der Waals surface area contributed by atoms with Crippen molar-refractivity contribution in [1.29, 1.82) is 0 Å². The van der Waals surface area contributed by atoms with Gasteiger partial charge in [0.25, 0.3) is 0 Å². The zero-order valence-corrected chi connectivity index (χ0v) is 16.9. The lowest BCUT2D eigenvalue weighted by molar-refractivity contribution is -0.00264. The van der Waals surface area contributed by atoms with Crippen LogP contribution in [0.15, 0.2) is 29.8 Å². The first-order valence-corrected chi connectivity index (χ1v) is 11.1. The van der Waals surface area contributed by atoms with Gasteiger partial charge in [0.2, 0.25) is 0 Å². The summed E-state index contributed by atoms with van der Waals surface area (Å²) < 4.78 is 0. The van der Waals surface area contributed by atoms with Gasteiger partial charge in [0.1, 0.15) is 0 Å². The van der Waals surface area contributed by atoms with Gasteiger partial charge in [0, 0.05) is 25.2 Å².